The zero-order valence-corrected chi connectivity index (χ0v) is 17.9. The summed E-state index contributed by atoms with van der Waals surface area (Å²) in [6, 6.07) is 9.67. The van der Waals surface area contributed by atoms with Gasteiger partial charge in [-0.3, -0.25) is 14.8 Å². The number of hydrogen-bond acceptors (Lipinski definition) is 8. The molecular weight excluding hydrogens is 410 g/mol. The van der Waals surface area contributed by atoms with Gasteiger partial charge in [-0.15, -0.1) is 0 Å². The van der Waals surface area contributed by atoms with Crippen molar-refractivity contribution in [1.82, 2.24) is 9.97 Å². The monoisotopic (exact) mass is 433 g/mol. The zero-order valence-electron chi connectivity index (χ0n) is 17.9. The number of nitrogens with zero attached hydrogens (tertiary/aromatic N) is 2. The van der Waals surface area contributed by atoms with Crippen LogP contribution in [0.4, 0.5) is 0 Å². The third kappa shape index (κ3) is 5.41. The second-order valence-electron chi connectivity index (χ2n) is 8.13. The van der Waals surface area contributed by atoms with Gasteiger partial charge in [0.1, 0.15) is 0 Å². The molecule has 0 aliphatic rings. The Morgan fingerprint density at radius 2 is 1.34 bits per heavy atom. The Labute approximate surface area is 185 Å². The van der Waals surface area contributed by atoms with Gasteiger partial charge in [0.2, 0.25) is 0 Å². The lowest BCUT2D eigenvalue weighted by Crippen LogP contribution is -2.42. The van der Waals surface area contributed by atoms with Gasteiger partial charge < -0.3 is 15.2 Å². The van der Waals surface area contributed by atoms with Crippen molar-refractivity contribution in [3.8, 4) is 11.5 Å². The molecule has 2 N–H and O–H groups in total. The molecule has 0 radical (unpaired) electrons. The molecule has 0 aliphatic carbocycles. The summed E-state index contributed by atoms with van der Waals surface area (Å²) in [4.78, 5) is 45.7. The van der Waals surface area contributed by atoms with Crippen LogP contribution in [0.5, 0.6) is 11.5 Å². The fraction of sp³-hybridized carbons (Fsp3) is 0.208. The van der Waals surface area contributed by atoms with Crippen LogP contribution in [-0.4, -0.2) is 33.7 Å². The van der Waals surface area contributed by atoms with E-state index in [2.05, 4.69) is 9.97 Å². The van der Waals surface area contributed by atoms with Gasteiger partial charge in [-0.05, 0) is 47.9 Å². The Bertz CT molecular complexity index is 1130. The van der Waals surface area contributed by atoms with Gasteiger partial charge in [-0.2, -0.15) is 0 Å². The number of carbonyl (C=O) groups is 3. The number of Topliss-reactive ketones (excluding diaryl/α,β-unsaturated/α-hetero) is 1. The SMILES string of the molecule is CC(C)(C)C(N)C(=O)c1ccc(OC(=O)c2cccnc2)c(OC(=O)c2cccnc2)c1. The number of nitrogens with two attached hydrogens (primary N) is 1. The maximum Gasteiger partial charge on any atom is 0.345 e. The number of rotatable bonds is 6. The van der Waals surface area contributed by atoms with Crippen LogP contribution in [0.3, 0.4) is 0 Å². The minimum Gasteiger partial charge on any atom is -0.419 e. The first-order chi connectivity index (χ1) is 15.2. The van der Waals surface area contributed by atoms with Gasteiger partial charge in [0.05, 0.1) is 17.2 Å². The van der Waals surface area contributed by atoms with Crippen LogP contribution < -0.4 is 15.2 Å². The quantitative estimate of drug-likeness (QED) is 0.356. The molecule has 2 aromatic heterocycles. The van der Waals surface area contributed by atoms with Crippen LogP contribution in [0.25, 0.3) is 0 Å². The molecule has 3 rings (SSSR count). The third-order valence-electron chi connectivity index (χ3n) is 4.64. The summed E-state index contributed by atoms with van der Waals surface area (Å²) < 4.78 is 10.9. The Hall–Kier alpha value is -3.91. The van der Waals surface area contributed by atoms with Crippen molar-refractivity contribution in [2.75, 3.05) is 0 Å². The number of benzene rings is 1. The highest BCUT2D eigenvalue weighted by Gasteiger charge is 2.29. The molecule has 0 fully saturated rings. The van der Waals surface area contributed by atoms with Crippen molar-refractivity contribution >= 4 is 17.7 Å². The molecule has 2 heterocycles. The van der Waals surface area contributed by atoms with E-state index in [4.69, 9.17) is 15.2 Å². The van der Waals surface area contributed by atoms with Gasteiger partial charge in [0, 0.05) is 30.4 Å². The molecule has 164 valence electrons. The third-order valence-corrected chi connectivity index (χ3v) is 4.64. The van der Waals surface area contributed by atoms with Crippen LogP contribution in [0.1, 0.15) is 51.8 Å². The molecule has 8 nitrogen and oxygen atoms in total. The minimum atomic E-state index is -0.784. The molecule has 0 spiro atoms. The van der Waals surface area contributed by atoms with Crippen molar-refractivity contribution in [1.29, 1.82) is 0 Å². The van der Waals surface area contributed by atoms with Crippen LogP contribution in [0.2, 0.25) is 0 Å². The summed E-state index contributed by atoms with van der Waals surface area (Å²) in [6.07, 6.45) is 5.74. The van der Waals surface area contributed by atoms with Gasteiger partial charge in [0.25, 0.3) is 0 Å². The summed E-state index contributed by atoms with van der Waals surface area (Å²) in [5.41, 5.74) is 6.26. The van der Waals surface area contributed by atoms with Gasteiger partial charge >= 0.3 is 11.9 Å². The summed E-state index contributed by atoms with van der Waals surface area (Å²) in [6.45, 7) is 5.55. The lowest BCUT2D eigenvalue weighted by molar-refractivity contribution is 0.0681. The molecule has 1 atom stereocenters. The molecule has 0 aliphatic heterocycles. The normalized spacial score (nSPS) is 12.0. The Kier molecular flexibility index (Phi) is 6.75. The van der Waals surface area contributed by atoms with Crippen molar-refractivity contribution < 1.29 is 23.9 Å². The molecule has 0 bridgehead atoms. The average molecular weight is 433 g/mol. The number of carbonyl (C=O) groups excluding carboxylic acids is 3. The van der Waals surface area contributed by atoms with Crippen molar-refractivity contribution in [2.45, 2.75) is 26.8 Å². The molecule has 1 unspecified atom stereocenters. The Balaban J connectivity index is 1.95. The molecule has 0 saturated carbocycles. The molecule has 0 saturated heterocycles. The van der Waals surface area contributed by atoms with E-state index >= 15 is 0 Å². The number of esters is 2. The topological polar surface area (TPSA) is 121 Å². The molecule has 3 aromatic rings. The molecule has 32 heavy (non-hydrogen) atoms. The number of ether oxygens (including phenoxy) is 2. The lowest BCUT2D eigenvalue weighted by Gasteiger charge is -2.25. The Morgan fingerprint density at radius 1 is 0.812 bits per heavy atom. The summed E-state index contributed by atoms with van der Waals surface area (Å²) >= 11 is 0. The van der Waals surface area contributed by atoms with E-state index < -0.39 is 23.4 Å². The van der Waals surface area contributed by atoms with Gasteiger partial charge in [0.15, 0.2) is 17.3 Å². The van der Waals surface area contributed by atoms with Crippen molar-refractivity contribution in [3.63, 3.8) is 0 Å². The van der Waals surface area contributed by atoms with Crippen LogP contribution in [0.15, 0.2) is 67.3 Å². The van der Waals surface area contributed by atoms with Crippen LogP contribution >= 0.6 is 0 Å². The fourth-order valence-corrected chi connectivity index (χ4v) is 2.68. The molecular formula is C24H23N3O5. The Morgan fingerprint density at radius 3 is 1.81 bits per heavy atom. The highest BCUT2D eigenvalue weighted by molar-refractivity contribution is 6.01. The second kappa shape index (κ2) is 9.49. The smallest absolute Gasteiger partial charge is 0.345 e. The predicted molar refractivity (Wildman–Crippen MR) is 117 cm³/mol. The number of pyridine rings is 2. The molecule has 0 amide bonds. The maximum absolute atomic E-state index is 12.9. The largest absolute Gasteiger partial charge is 0.419 e. The second-order valence-corrected chi connectivity index (χ2v) is 8.13. The van der Waals surface area contributed by atoms with E-state index in [0.29, 0.717) is 0 Å². The van der Waals surface area contributed by atoms with Crippen molar-refractivity contribution in [3.05, 3.63) is 83.9 Å². The lowest BCUT2D eigenvalue weighted by atomic mass is 9.83. The van der Waals surface area contributed by atoms with E-state index in [0.717, 1.165) is 0 Å². The number of aromatic nitrogens is 2. The maximum atomic E-state index is 12.9. The van der Waals surface area contributed by atoms with Gasteiger partial charge in [-0.1, -0.05) is 20.8 Å². The minimum absolute atomic E-state index is 0.0306. The van der Waals surface area contributed by atoms with E-state index in [-0.39, 0.29) is 34.0 Å². The predicted octanol–water partition coefficient (Wildman–Crippen LogP) is 3.47. The average Bonchev–Trinajstić information content (AvgIpc) is 2.79. The summed E-state index contributed by atoms with van der Waals surface area (Å²) in [5, 5.41) is 0. The van der Waals surface area contributed by atoms with Crippen molar-refractivity contribution in [2.24, 2.45) is 11.1 Å². The highest BCUT2D eigenvalue weighted by atomic mass is 16.6. The zero-order chi connectivity index (χ0) is 23.3. The van der Waals surface area contributed by atoms with E-state index in [1.165, 1.54) is 55.1 Å². The molecule has 1 aromatic carbocycles. The van der Waals surface area contributed by atoms with Crippen LogP contribution in [0, 0.1) is 5.41 Å². The van der Waals surface area contributed by atoms with E-state index in [1.807, 2.05) is 20.8 Å². The summed E-state index contributed by atoms with van der Waals surface area (Å²) in [7, 11) is 0. The first-order valence-electron chi connectivity index (χ1n) is 9.85. The van der Waals surface area contributed by atoms with E-state index in [9.17, 15) is 14.4 Å². The highest BCUT2D eigenvalue weighted by Crippen LogP contribution is 2.31. The fourth-order valence-electron chi connectivity index (χ4n) is 2.68. The molecule has 8 heteroatoms. The summed E-state index contributed by atoms with van der Waals surface area (Å²) in [5.74, 6) is -1.87. The standard InChI is InChI=1S/C24H23N3O5/c1-24(2,3)21(25)20(28)15-8-9-18(31-22(29)16-6-4-10-26-13-16)19(12-15)32-23(30)17-7-5-11-27-14-17/h4-14,21H,25H2,1-3H3. The van der Waals surface area contributed by atoms with Crippen LogP contribution in [-0.2, 0) is 0 Å². The first-order valence-corrected chi connectivity index (χ1v) is 9.85. The van der Waals surface area contributed by atoms with E-state index in [1.54, 1.807) is 12.1 Å². The van der Waals surface area contributed by atoms with Gasteiger partial charge in [-0.25, -0.2) is 9.59 Å². The number of hydrogen-bond donors (Lipinski definition) is 1. The first kappa shape index (κ1) is 22.8. The number of ketones is 1.